The Kier molecular flexibility index (Phi) is 5.90. The Morgan fingerprint density at radius 3 is 2.83 bits per heavy atom. The van der Waals surface area contributed by atoms with Gasteiger partial charge in [0.25, 0.3) is 0 Å². The molecule has 0 spiro atoms. The van der Waals surface area contributed by atoms with Crippen molar-refractivity contribution < 1.29 is 18.0 Å². The summed E-state index contributed by atoms with van der Waals surface area (Å²) in [5.41, 5.74) is 5.46. The number of carbonyl (C=O) groups is 1. The van der Waals surface area contributed by atoms with Crippen LogP contribution in [0.4, 0.5) is 18.0 Å². The van der Waals surface area contributed by atoms with Crippen LogP contribution in [0, 0.1) is 11.8 Å². The first-order chi connectivity index (χ1) is 10.8. The smallest absolute Gasteiger partial charge is 0.336 e. The maximum Gasteiger partial charge on any atom is 0.392 e. The van der Waals surface area contributed by atoms with E-state index >= 15 is 0 Å². The van der Waals surface area contributed by atoms with Crippen LogP contribution in [0.1, 0.15) is 6.42 Å². The quantitative estimate of drug-likeness (QED) is 0.813. The molecule has 1 aliphatic heterocycles. The first-order valence-electron chi connectivity index (χ1n) is 7.28. The van der Waals surface area contributed by atoms with Crippen molar-refractivity contribution in [2.75, 3.05) is 26.2 Å². The minimum atomic E-state index is -4.26. The molecule has 130 valence electrons. The normalized spacial score (nSPS) is 22.2. The summed E-state index contributed by atoms with van der Waals surface area (Å²) in [7, 11) is 0. The predicted molar refractivity (Wildman–Crippen MR) is 81.6 cm³/mol. The van der Waals surface area contributed by atoms with E-state index in [1.807, 2.05) is 0 Å². The minimum absolute atomic E-state index is 0.0276. The number of aromatic nitrogens is 2. The summed E-state index contributed by atoms with van der Waals surface area (Å²) in [5.74, 6) is -2.19. The summed E-state index contributed by atoms with van der Waals surface area (Å²) < 4.78 is 41.2. The van der Waals surface area contributed by atoms with Crippen LogP contribution in [0.15, 0.2) is 16.9 Å². The number of alkyl halides is 3. The molecule has 2 heterocycles. The van der Waals surface area contributed by atoms with Gasteiger partial charge in [0, 0.05) is 31.7 Å². The van der Waals surface area contributed by atoms with Crippen LogP contribution in [0.25, 0.3) is 0 Å². The Balaban J connectivity index is 1.81. The molecule has 0 saturated carbocycles. The summed E-state index contributed by atoms with van der Waals surface area (Å²) >= 11 is 3.27. The molecule has 1 aromatic rings. The maximum atomic E-state index is 12.9. The molecule has 1 aliphatic rings. The Morgan fingerprint density at radius 1 is 1.52 bits per heavy atom. The zero-order valence-corrected chi connectivity index (χ0v) is 14.0. The van der Waals surface area contributed by atoms with Crippen LogP contribution >= 0.6 is 15.9 Å². The van der Waals surface area contributed by atoms with E-state index in [4.69, 9.17) is 5.73 Å². The number of likely N-dealkylation sites (tertiary alicyclic amines) is 1. The molecule has 1 aromatic heterocycles. The SMILES string of the molecule is NCC1CN(C(=O)NCCn2cc(Br)cn2)CCC1C(F)(F)F. The molecule has 0 aliphatic carbocycles. The molecule has 2 amide bonds. The predicted octanol–water partition coefficient (Wildman–Crippen LogP) is 1.81. The van der Waals surface area contributed by atoms with Crippen LogP contribution in [0.5, 0.6) is 0 Å². The van der Waals surface area contributed by atoms with Gasteiger partial charge in [-0.2, -0.15) is 18.3 Å². The number of nitrogens with one attached hydrogen (secondary N) is 1. The maximum absolute atomic E-state index is 12.9. The van der Waals surface area contributed by atoms with E-state index in [2.05, 4.69) is 26.3 Å². The van der Waals surface area contributed by atoms with Crippen molar-refractivity contribution >= 4 is 22.0 Å². The Bertz CT molecular complexity index is 536. The van der Waals surface area contributed by atoms with E-state index in [-0.39, 0.29) is 32.1 Å². The highest BCUT2D eigenvalue weighted by molar-refractivity contribution is 9.10. The first-order valence-corrected chi connectivity index (χ1v) is 8.08. The fraction of sp³-hybridized carbons (Fsp3) is 0.692. The van der Waals surface area contributed by atoms with Gasteiger partial charge in [-0.05, 0) is 28.9 Å². The lowest BCUT2D eigenvalue weighted by Crippen LogP contribution is -2.52. The highest BCUT2D eigenvalue weighted by atomic mass is 79.9. The number of carbonyl (C=O) groups excluding carboxylic acids is 1. The van der Waals surface area contributed by atoms with E-state index in [1.165, 1.54) is 4.90 Å². The van der Waals surface area contributed by atoms with E-state index in [0.717, 1.165) is 4.47 Å². The lowest BCUT2D eigenvalue weighted by molar-refractivity contribution is -0.197. The van der Waals surface area contributed by atoms with Crippen molar-refractivity contribution in [2.45, 2.75) is 19.1 Å². The lowest BCUT2D eigenvalue weighted by Gasteiger charge is -2.38. The van der Waals surface area contributed by atoms with Crippen LogP contribution in [-0.2, 0) is 6.54 Å². The number of rotatable bonds is 4. The number of hydrogen-bond donors (Lipinski definition) is 2. The molecular formula is C13H19BrF3N5O. The molecule has 2 unspecified atom stereocenters. The summed E-state index contributed by atoms with van der Waals surface area (Å²) in [6.45, 7) is 0.852. The molecule has 0 aromatic carbocycles. The zero-order chi connectivity index (χ0) is 17.0. The fourth-order valence-electron chi connectivity index (χ4n) is 2.74. The molecule has 1 saturated heterocycles. The molecule has 0 bridgehead atoms. The second-order valence-electron chi connectivity index (χ2n) is 5.53. The van der Waals surface area contributed by atoms with Crippen molar-refractivity contribution in [3.63, 3.8) is 0 Å². The molecule has 3 N–H and O–H groups in total. The van der Waals surface area contributed by atoms with Gasteiger partial charge in [-0.3, -0.25) is 4.68 Å². The monoisotopic (exact) mass is 397 g/mol. The van der Waals surface area contributed by atoms with Gasteiger partial charge in [0.15, 0.2) is 0 Å². The molecule has 23 heavy (non-hydrogen) atoms. The Morgan fingerprint density at radius 2 is 2.26 bits per heavy atom. The Hall–Kier alpha value is -1.29. The average molecular weight is 398 g/mol. The topological polar surface area (TPSA) is 76.2 Å². The highest BCUT2D eigenvalue weighted by Crippen LogP contribution is 2.37. The summed E-state index contributed by atoms with van der Waals surface area (Å²) in [6.07, 6.45) is -0.966. The standard InChI is InChI=1S/C13H19BrF3N5O/c14-10-6-20-22(8-10)4-2-19-12(23)21-3-1-11(13(15,16)17)9(5-18)7-21/h6,8-9,11H,1-5,7,18H2,(H,19,23). The van der Waals surface area contributed by atoms with Crippen molar-refractivity contribution in [2.24, 2.45) is 17.6 Å². The number of amides is 2. The number of hydrogen-bond acceptors (Lipinski definition) is 3. The molecule has 2 rings (SSSR count). The lowest BCUT2D eigenvalue weighted by atomic mass is 9.85. The number of nitrogens with two attached hydrogens (primary N) is 1. The number of urea groups is 1. The van der Waals surface area contributed by atoms with Crippen molar-refractivity contribution in [1.29, 1.82) is 0 Å². The average Bonchev–Trinajstić information content (AvgIpc) is 2.91. The fourth-order valence-corrected chi connectivity index (χ4v) is 3.06. The molecular weight excluding hydrogens is 379 g/mol. The number of halogens is 4. The summed E-state index contributed by atoms with van der Waals surface area (Å²) in [6, 6.07) is -0.365. The van der Waals surface area contributed by atoms with E-state index in [1.54, 1.807) is 17.1 Å². The van der Waals surface area contributed by atoms with E-state index in [9.17, 15) is 18.0 Å². The molecule has 1 fully saturated rings. The first kappa shape index (κ1) is 18.1. The number of nitrogens with zero attached hydrogens (tertiary/aromatic N) is 3. The van der Waals surface area contributed by atoms with Crippen LogP contribution in [0.3, 0.4) is 0 Å². The van der Waals surface area contributed by atoms with Crippen molar-refractivity contribution in [1.82, 2.24) is 20.0 Å². The van der Waals surface area contributed by atoms with Gasteiger partial charge in [-0.25, -0.2) is 4.79 Å². The zero-order valence-electron chi connectivity index (χ0n) is 12.4. The van der Waals surface area contributed by atoms with Gasteiger partial charge in [-0.15, -0.1) is 0 Å². The molecule has 2 atom stereocenters. The third kappa shape index (κ3) is 4.84. The third-order valence-corrected chi connectivity index (χ3v) is 4.37. The van der Waals surface area contributed by atoms with Gasteiger partial charge in [0.05, 0.1) is 23.1 Å². The van der Waals surface area contributed by atoms with Crippen molar-refractivity contribution in [3.05, 3.63) is 16.9 Å². The second kappa shape index (κ2) is 7.52. The molecule has 10 heteroatoms. The highest BCUT2D eigenvalue weighted by Gasteiger charge is 2.47. The van der Waals surface area contributed by atoms with Gasteiger partial charge in [-0.1, -0.05) is 0 Å². The van der Waals surface area contributed by atoms with Crippen LogP contribution < -0.4 is 11.1 Å². The van der Waals surface area contributed by atoms with Gasteiger partial charge in [0.2, 0.25) is 0 Å². The van der Waals surface area contributed by atoms with Gasteiger partial charge < -0.3 is 16.0 Å². The van der Waals surface area contributed by atoms with Crippen LogP contribution in [0.2, 0.25) is 0 Å². The van der Waals surface area contributed by atoms with Crippen LogP contribution in [-0.4, -0.2) is 53.1 Å². The van der Waals surface area contributed by atoms with Gasteiger partial charge in [0.1, 0.15) is 0 Å². The number of piperidine rings is 1. The van der Waals surface area contributed by atoms with Crippen molar-refractivity contribution in [3.8, 4) is 0 Å². The molecule has 6 nitrogen and oxygen atoms in total. The largest absolute Gasteiger partial charge is 0.392 e. The van der Waals surface area contributed by atoms with Gasteiger partial charge >= 0.3 is 12.2 Å². The molecule has 0 radical (unpaired) electrons. The van der Waals surface area contributed by atoms with E-state index < -0.39 is 18.0 Å². The summed E-state index contributed by atoms with van der Waals surface area (Å²) in [4.78, 5) is 13.5. The Labute approximate surface area is 140 Å². The minimum Gasteiger partial charge on any atom is -0.336 e. The second-order valence-corrected chi connectivity index (χ2v) is 6.45. The third-order valence-electron chi connectivity index (χ3n) is 3.96. The van der Waals surface area contributed by atoms with E-state index in [0.29, 0.717) is 13.1 Å². The summed E-state index contributed by atoms with van der Waals surface area (Å²) in [5, 5.41) is 6.75.